The van der Waals surface area contributed by atoms with Crippen molar-refractivity contribution in [1.82, 2.24) is 0 Å². The lowest BCUT2D eigenvalue weighted by atomic mass is 9.55. The molecular formula is C10H14. The Hall–Kier alpha value is -0.260. The van der Waals surface area contributed by atoms with Crippen LogP contribution in [0.25, 0.3) is 0 Å². The highest BCUT2D eigenvalue weighted by Crippen LogP contribution is 2.60. The fourth-order valence-electron chi connectivity index (χ4n) is 3.40. The molecule has 0 nitrogen and oxygen atoms in total. The first-order valence-electron chi connectivity index (χ1n) is 4.56. The van der Waals surface area contributed by atoms with Crippen molar-refractivity contribution in [1.29, 1.82) is 0 Å². The van der Waals surface area contributed by atoms with Crippen LogP contribution in [0.4, 0.5) is 0 Å². The normalized spacial score (nSPS) is 55.9. The first-order valence-corrected chi connectivity index (χ1v) is 4.56. The van der Waals surface area contributed by atoms with Crippen molar-refractivity contribution in [2.24, 2.45) is 23.7 Å². The van der Waals surface area contributed by atoms with Gasteiger partial charge in [0.1, 0.15) is 0 Å². The van der Waals surface area contributed by atoms with Crippen LogP contribution in [-0.2, 0) is 0 Å². The standard InChI is InChI=1S/C10H14/c1-6-4-7-5-10-8(6)2-3-9(7)10/h2,6-7,9-10H,3-5H2,1H3. The van der Waals surface area contributed by atoms with Gasteiger partial charge in [-0.05, 0) is 42.9 Å². The summed E-state index contributed by atoms with van der Waals surface area (Å²) < 4.78 is 0. The van der Waals surface area contributed by atoms with Crippen molar-refractivity contribution in [3.8, 4) is 0 Å². The van der Waals surface area contributed by atoms with Gasteiger partial charge in [0.05, 0.1) is 0 Å². The van der Waals surface area contributed by atoms with Gasteiger partial charge in [0.2, 0.25) is 0 Å². The molecule has 3 fully saturated rings. The zero-order valence-corrected chi connectivity index (χ0v) is 6.51. The van der Waals surface area contributed by atoms with E-state index in [4.69, 9.17) is 0 Å². The first kappa shape index (κ1) is 5.40. The van der Waals surface area contributed by atoms with E-state index in [2.05, 4.69) is 13.0 Å². The van der Waals surface area contributed by atoms with E-state index >= 15 is 0 Å². The van der Waals surface area contributed by atoms with Crippen LogP contribution in [0, 0.1) is 23.7 Å². The van der Waals surface area contributed by atoms with E-state index in [9.17, 15) is 0 Å². The molecule has 0 radical (unpaired) electrons. The molecule has 0 saturated heterocycles. The summed E-state index contributed by atoms with van der Waals surface area (Å²) in [6.07, 6.45) is 7.01. The van der Waals surface area contributed by atoms with E-state index in [0.717, 1.165) is 23.7 Å². The van der Waals surface area contributed by atoms with E-state index < -0.39 is 0 Å². The van der Waals surface area contributed by atoms with Crippen LogP contribution in [0.3, 0.4) is 0 Å². The minimum absolute atomic E-state index is 0.947. The molecule has 54 valence electrons. The molecule has 0 heterocycles. The van der Waals surface area contributed by atoms with Crippen LogP contribution in [0.1, 0.15) is 26.2 Å². The van der Waals surface area contributed by atoms with Crippen molar-refractivity contribution < 1.29 is 0 Å². The number of hydrogen-bond donors (Lipinski definition) is 0. The fourth-order valence-corrected chi connectivity index (χ4v) is 3.40. The van der Waals surface area contributed by atoms with E-state index in [-0.39, 0.29) is 0 Å². The monoisotopic (exact) mass is 134 g/mol. The number of hydrogen-bond acceptors (Lipinski definition) is 0. The molecule has 0 heteroatoms. The smallest absolute Gasteiger partial charge is 0.0164 e. The summed E-state index contributed by atoms with van der Waals surface area (Å²) in [5, 5.41) is 0. The molecule has 4 rings (SSSR count). The Labute approximate surface area is 62.3 Å². The predicted octanol–water partition coefficient (Wildman–Crippen LogP) is 2.61. The summed E-state index contributed by atoms with van der Waals surface area (Å²) in [7, 11) is 0. The Morgan fingerprint density at radius 2 is 2.30 bits per heavy atom. The third-order valence-corrected chi connectivity index (χ3v) is 3.96. The summed E-state index contributed by atoms with van der Waals surface area (Å²) in [5.74, 6) is 4.25. The van der Waals surface area contributed by atoms with Crippen molar-refractivity contribution in [3.63, 3.8) is 0 Å². The lowest BCUT2D eigenvalue weighted by molar-refractivity contribution is 0.0561. The second kappa shape index (κ2) is 1.49. The maximum Gasteiger partial charge on any atom is -0.0164 e. The second-order valence-corrected chi connectivity index (χ2v) is 4.34. The van der Waals surface area contributed by atoms with Crippen LogP contribution in [0.5, 0.6) is 0 Å². The van der Waals surface area contributed by atoms with Crippen LogP contribution >= 0.6 is 0 Å². The van der Waals surface area contributed by atoms with Gasteiger partial charge in [-0.3, -0.25) is 0 Å². The molecule has 0 aliphatic heterocycles. The zero-order valence-electron chi connectivity index (χ0n) is 6.51. The number of fused-ring (bicyclic) bond motifs is 1. The second-order valence-electron chi connectivity index (χ2n) is 4.34. The van der Waals surface area contributed by atoms with E-state index in [1.165, 1.54) is 12.8 Å². The van der Waals surface area contributed by atoms with Crippen molar-refractivity contribution >= 4 is 0 Å². The molecule has 0 N–H and O–H groups in total. The van der Waals surface area contributed by atoms with E-state index in [0.29, 0.717) is 0 Å². The summed E-state index contributed by atoms with van der Waals surface area (Å²) >= 11 is 0. The molecule has 4 unspecified atom stereocenters. The van der Waals surface area contributed by atoms with Crippen LogP contribution in [-0.4, -0.2) is 0 Å². The Balaban J connectivity index is 2.03. The Bertz CT molecular complexity index is 202. The molecule has 0 aromatic rings. The van der Waals surface area contributed by atoms with Gasteiger partial charge in [-0.25, -0.2) is 0 Å². The third-order valence-electron chi connectivity index (χ3n) is 3.96. The average Bonchev–Trinajstić information content (AvgIpc) is 2.16. The Morgan fingerprint density at radius 1 is 1.40 bits per heavy atom. The van der Waals surface area contributed by atoms with E-state index in [1.54, 1.807) is 6.42 Å². The lowest BCUT2D eigenvalue weighted by Crippen LogP contribution is -2.41. The molecule has 4 aliphatic rings. The SMILES string of the molecule is CC1CC2CC3C1=CCC23. The Kier molecular flexibility index (Phi) is 0.805. The molecule has 3 saturated carbocycles. The summed E-state index contributed by atoms with van der Waals surface area (Å²) in [5.41, 5.74) is 1.83. The maximum absolute atomic E-state index is 2.53. The highest BCUT2D eigenvalue weighted by atomic mass is 14.6. The maximum atomic E-state index is 2.53. The molecule has 4 aliphatic carbocycles. The van der Waals surface area contributed by atoms with E-state index in [1.807, 2.05) is 5.57 Å². The van der Waals surface area contributed by atoms with Crippen molar-refractivity contribution in [2.75, 3.05) is 0 Å². The predicted molar refractivity (Wildman–Crippen MR) is 41.6 cm³/mol. The molecule has 0 spiro atoms. The van der Waals surface area contributed by atoms with Gasteiger partial charge in [-0.2, -0.15) is 0 Å². The number of rotatable bonds is 0. The van der Waals surface area contributed by atoms with Gasteiger partial charge >= 0.3 is 0 Å². The summed E-state index contributed by atoms with van der Waals surface area (Å²) in [6.45, 7) is 2.41. The minimum atomic E-state index is 0.947. The van der Waals surface area contributed by atoms with Gasteiger partial charge in [-0.1, -0.05) is 18.6 Å². The molecule has 0 aromatic carbocycles. The Morgan fingerprint density at radius 3 is 3.10 bits per heavy atom. The average molecular weight is 134 g/mol. The zero-order chi connectivity index (χ0) is 6.72. The van der Waals surface area contributed by atoms with Crippen LogP contribution in [0.2, 0.25) is 0 Å². The fraction of sp³-hybridized carbons (Fsp3) is 0.800. The topological polar surface area (TPSA) is 0 Å². The van der Waals surface area contributed by atoms with Gasteiger partial charge in [0.15, 0.2) is 0 Å². The molecule has 0 amide bonds. The third kappa shape index (κ3) is 0.426. The molecule has 10 heavy (non-hydrogen) atoms. The van der Waals surface area contributed by atoms with Gasteiger partial charge in [0, 0.05) is 0 Å². The molecule has 4 atom stereocenters. The quantitative estimate of drug-likeness (QED) is 0.447. The van der Waals surface area contributed by atoms with Crippen molar-refractivity contribution in [2.45, 2.75) is 26.2 Å². The highest BCUT2D eigenvalue weighted by molar-refractivity contribution is 5.27. The van der Waals surface area contributed by atoms with Crippen LogP contribution in [0.15, 0.2) is 11.6 Å². The van der Waals surface area contributed by atoms with Crippen molar-refractivity contribution in [3.05, 3.63) is 11.6 Å². The molecule has 4 bridgehead atoms. The number of allylic oxidation sites excluding steroid dienone is 2. The largest absolute Gasteiger partial charge is 0.0845 e. The van der Waals surface area contributed by atoms with Gasteiger partial charge in [-0.15, -0.1) is 0 Å². The first-order chi connectivity index (χ1) is 4.86. The molecular weight excluding hydrogens is 120 g/mol. The summed E-state index contributed by atoms with van der Waals surface area (Å²) in [6, 6.07) is 0. The van der Waals surface area contributed by atoms with Crippen LogP contribution < -0.4 is 0 Å². The summed E-state index contributed by atoms with van der Waals surface area (Å²) in [4.78, 5) is 0. The van der Waals surface area contributed by atoms with Gasteiger partial charge < -0.3 is 0 Å². The lowest BCUT2D eigenvalue weighted by Gasteiger charge is -2.49. The minimum Gasteiger partial charge on any atom is -0.0845 e. The van der Waals surface area contributed by atoms with Gasteiger partial charge in [0.25, 0.3) is 0 Å². The highest BCUT2D eigenvalue weighted by Gasteiger charge is 2.50. The molecule has 0 aromatic heterocycles.